The van der Waals surface area contributed by atoms with Crippen LogP contribution < -0.4 is 10.6 Å². The summed E-state index contributed by atoms with van der Waals surface area (Å²) in [5.74, 6) is -1.99. The monoisotopic (exact) mass is 294 g/mol. The molecule has 3 atom stereocenters. The van der Waals surface area contributed by atoms with Gasteiger partial charge < -0.3 is 20.5 Å². The van der Waals surface area contributed by atoms with Crippen molar-refractivity contribution in [1.29, 1.82) is 0 Å². The summed E-state index contributed by atoms with van der Waals surface area (Å²) in [5, 5.41) is 13.8. The van der Waals surface area contributed by atoms with E-state index in [1.54, 1.807) is 6.92 Å². The maximum absolute atomic E-state index is 11.6. The molecule has 0 aliphatic carbocycles. The predicted octanol–water partition coefficient (Wildman–Crippen LogP) is -1.18. The molecule has 1 aliphatic rings. The van der Waals surface area contributed by atoms with Gasteiger partial charge in [0.2, 0.25) is 0 Å². The lowest BCUT2D eigenvalue weighted by Crippen LogP contribution is -2.50. The van der Waals surface area contributed by atoms with Gasteiger partial charge in [-0.1, -0.05) is 0 Å². The SMILES string of the molecule is CC(CS(C)(=O)=O)NC(=O)NC1COCC1C(=O)O. The predicted molar refractivity (Wildman–Crippen MR) is 66.6 cm³/mol. The van der Waals surface area contributed by atoms with Gasteiger partial charge >= 0.3 is 12.0 Å². The first-order chi connectivity index (χ1) is 8.69. The van der Waals surface area contributed by atoms with Crippen LogP contribution in [0.3, 0.4) is 0 Å². The van der Waals surface area contributed by atoms with Crippen molar-refractivity contribution in [2.45, 2.75) is 19.0 Å². The van der Waals surface area contributed by atoms with Crippen LogP contribution in [0, 0.1) is 5.92 Å². The lowest BCUT2D eigenvalue weighted by molar-refractivity contribution is -0.142. The second-order valence-corrected chi connectivity index (χ2v) is 6.88. The van der Waals surface area contributed by atoms with E-state index < -0.39 is 39.8 Å². The van der Waals surface area contributed by atoms with Crippen LogP contribution >= 0.6 is 0 Å². The first-order valence-corrected chi connectivity index (χ1v) is 7.80. The van der Waals surface area contributed by atoms with Crippen molar-refractivity contribution in [1.82, 2.24) is 10.6 Å². The molecule has 110 valence electrons. The number of carboxylic acid groups (broad SMARTS) is 1. The molecule has 0 bridgehead atoms. The number of carbonyl (C=O) groups is 2. The van der Waals surface area contributed by atoms with Crippen molar-refractivity contribution in [2.75, 3.05) is 25.2 Å². The van der Waals surface area contributed by atoms with Gasteiger partial charge in [-0.2, -0.15) is 0 Å². The van der Waals surface area contributed by atoms with Crippen LogP contribution in [0.1, 0.15) is 6.92 Å². The highest BCUT2D eigenvalue weighted by atomic mass is 32.2. The fraction of sp³-hybridized carbons (Fsp3) is 0.800. The van der Waals surface area contributed by atoms with E-state index >= 15 is 0 Å². The highest BCUT2D eigenvalue weighted by Gasteiger charge is 2.35. The Morgan fingerprint density at radius 1 is 1.42 bits per heavy atom. The summed E-state index contributed by atoms with van der Waals surface area (Å²) in [7, 11) is -3.18. The fourth-order valence-corrected chi connectivity index (χ4v) is 2.86. The van der Waals surface area contributed by atoms with Crippen molar-refractivity contribution in [3.8, 4) is 0 Å². The molecule has 1 fully saturated rings. The van der Waals surface area contributed by atoms with Crippen molar-refractivity contribution in [3.63, 3.8) is 0 Å². The highest BCUT2D eigenvalue weighted by molar-refractivity contribution is 7.90. The van der Waals surface area contributed by atoms with Crippen LogP contribution in [0.25, 0.3) is 0 Å². The maximum atomic E-state index is 11.6. The van der Waals surface area contributed by atoms with E-state index in [4.69, 9.17) is 9.84 Å². The van der Waals surface area contributed by atoms with Gasteiger partial charge in [0.1, 0.15) is 15.8 Å². The van der Waals surface area contributed by atoms with Crippen molar-refractivity contribution >= 4 is 21.8 Å². The molecule has 0 aromatic carbocycles. The van der Waals surface area contributed by atoms with Gasteiger partial charge in [0, 0.05) is 12.3 Å². The van der Waals surface area contributed by atoms with E-state index in [0.29, 0.717) is 0 Å². The molecule has 1 heterocycles. The summed E-state index contributed by atoms with van der Waals surface area (Å²) in [6, 6.07) is -1.76. The number of urea groups is 1. The van der Waals surface area contributed by atoms with Crippen LogP contribution in [0.2, 0.25) is 0 Å². The third kappa shape index (κ3) is 5.43. The summed E-state index contributed by atoms with van der Waals surface area (Å²) < 4.78 is 27.1. The van der Waals surface area contributed by atoms with Gasteiger partial charge in [-0.05, 0) is 6.92 Å². The molecule has 19 heavy (non-hydrogen) atoms. The van der Waals surface area contributed by atoms with Crippen molar-refractivity contribution in [2.24, 2.45) is 5.92 Å². The Balaban J connectivity index is 2.45. The zero-order valence-electron chi connectivity index (χ0n) is 10.8. The quantitative estimate of drug-likeness (QED) is 0.586. The van der Waals surface area contributed by atoms with E-state index in [1.807, 2.05) is 0 Å². The molecule has 1 rings (SSSR count). The molecule has 9 heteroatoms. The normalized spacial score (nSPS) is 24.7. The summed E-state index contributed by atoms with van der Waals surface area (Å²) in [5.41, 5.74) is 0. The minimum absolute atomic E-state index is 0.0547. The lowest BCUT2D eigenvalue weighted by atomic mass is 10.0. The Hall–Kier alpha value is -1.35. The molecule has 2 amide bonds. The van der Waals surface area contributed by atoms with E-state index in [9.17, 15) is 18.0 Å². The van der Waals surface area contributed by atoms with Crippen LogP contribution in [-0.4, -0.2) is 62.8 Å². The number of ether oxygens (including phenoxy) is 1. The number of aliphatic carboxylic acids is 1. The molecule has 0 radical (unpaired) electrons. The van der Waals surface area contributed by atoms with Gasteiger partial charge in [-0.15, -0.1) is 0 Å². The Kier molecular flexibility index (Phi) is 5.12. The molecule has 0 aromatic heterocycles. The average Bonchev–Trinajstić information content (AvgIpc) is 2.61. The minimum Gasteiger partial charge on any atom is -0.481 e. The Morgan fingerprint density at radius 2 is 2.05 bits per heavy atom. The van der Waals surface area contributed by atoms with Gasteiger partial charge in [0.05, 0.1) is 25.0 Å². The summed E-state index contributed by atoms with van der Waals surface area (Å²) in [4.78, 5) is 22.5. The van der Waals surface area contributed by atoms with Gasteiger partial charge in [0.25, 0.3) is 0 Å². The number of hydrogen-bond donors (Lipinski definition) is 3. The number of nitrogens with one attached hydrogen (secondary N) is 2. The smallest absolute Gasteiger partial charge is 0.315 e. The Bertz CT molecular complexity index is 449. The molecule has 3 N–H and O–H groups in total. The first kappa shape index (κ1) is 15.7. The summed E-state index contributed by atoms with van der Waals surface area (Å²) in [6.07, 6.45) is 1.08. The molecule has 0 saturated carbocycles. The number of carbonyl (C=O) groups excluding carboxylic acids is 1. The molecule has 0 spiro atoms. The maximum Gasteiger partial charge on any atom is 0.315 e. The molecule has 0 aromatic rings. The Morgan fingerprint density at radius 3 is 2.58 bits per heavy atom. The minimum atomic E-state index is -3.18. The lowest BCUT2D eigenvalue weighted by Gasteiger charge is -2.18. The van der Waals surface area contributed by atoms with Crippen LogP contribution in [0.5, 0.6) is 0 Å². The van der Waals surface area contributed by atoms with E-state index in [2.05, 4.69) is 10.6 Å². The fourth-order valence-electron chi connectivity index (χ4n) is 1.87. The van der Waals surface area contributed by atoms with Gasteiger partial charge in [0.15, 0.2) is 0 Å². The van der Waals surface area contributed by atoms with Gasteiger partial charge in [-0.3, -0.25) is 4.79 Å². The van der Waals surface area contributed by atoms with E-state index in [-0.39, 0.29) is 19.0 Å². The van der Waals surface area contributed by atoms with Crippen molar-refractivity contribution < 1.29 is 27.9 Å². The first-order valence-electron chi connectivity index (χ1n) is 5.74. The molecule has 1 aliphatic heterocycles. The summed E-state index contributed by atoms with van der Waals surface area (Å²) in [6.45, 7) is 1.74. The third-order valence-electron chi connectivity index (χ3n) is 2.64. The van der Waals surface area contributed by atoms with Gasteiger partial charge in [-0.25, -0.2) is 13.2 Å². The number of amides is 2. The van der Waals surface area contributed by atoms with Crippen LogP contribution in [0.4, 0.5) is 4.79 Å². The Labute approximate surface area is 111 Å². The zero-order valence-corrected chi connectivity index (χ0v) is 11.6. The second kappa shape index (κ2) is 6.20. The number of rotatable bonds is 5. The highest BCUT2D eigenvalue weighted by Crippen LogP contribution is 2.13. The molecular formula is C10H18N2O6S. The van der Waals surface area contributed by atoms with E-state index in [1.165, 1.54) is 0 Å². The molecule has 8 nitrogen and oxygen atoms in total. The van der Waals surface area contributed by atoms with Crippen LogP contribution in [-0.2, 0) is 19.4 Å². The standard InChI is InChI=1S/C10H18N2O6S/c1-6(5-19(2,16)17)11-10(15)12-8-4-18-3-7(8)9(13)14/h6-8H,3-5H2,1-2H3,(H,13,14)(H2,11,12,15). The second-order valence-electron chi connectivity index (χ2n) is 4.70. The number of sulfone groups is 1. The molecule has 1 saturated heterocycles. The number of carboxylic acids is 1. The molecule has 3 unspecified atom stereocenters. The third-order valence-corrected chi connectivity index (χ3v) is 3.75. The largest absolute Gasteiger partial charge is 0.481 e. The zero-order chi connectivity index (χ0) is 14.6. The van der Waals surface area contributed by atoms with Crippen molar-refractivity contribution in [3.05, 3.63) is 0 Å². The molecular weight excluding hydrogens is 276 g/mol. The average molecular weight is 294 g/mol. The topological polar surface area (TPSA) is 122 Å². The number of hydrogen-bond acceptors (Lipinski definition) is 5. The van der Waals surface area contributed by atoms with Crippen LogP contribution in [0.15, 0.2) is 0 Å². The summed E-state index contributed by atoms with van der Waals surface area (Å²) >= 11 is 0. The van der Waals surface area contributed by atoms with E-state index in [0.717, 1.165) is 6.26 Å².